The van der Waals surface area contributed by atoms with E-state index in [0.717, 1.165) is 38.8 Å². The predicted molar refractivity (Wildman–Crippen MR) is 208 cm³/mol. The molecule has 13 nitrogen and oxygen atoms in total. The molecule has 0 aromatic carbocycles. The molecule has 0 aromatic heterocycles. The number of nitrogens with zero attached hydrogens (tertiary/aromatic N) is 2. The number of carbonyl (C=O) groups excluding carboxylic acids is 4. The summed E-state index contributed by atoms with van der Waals surface area (Å²) in [6.07, 6.45) is 4.41. The van der Waals surface area contributed by atoms with Crippen LogP contribution in [0.15, 0.2) is 0 Å². The van der Waals surface area contributed by atoms with Crippen molar-refractivity contribution in [1.29, 1.82) is 0 Å². The van der Waals surface area contributed by atoms with Gasteiger partial charge in [-0.05, 0) is 122 Å². The lowest BCUT2D eigenvalue weighted by Gasteiger charge is -2.25. The summed E-state index contributed by atoms with van der Waals surface area (Å²) in [5.41, 5.74) is -2.12. The Morgan fingerprint density at radius 3 is 0.887 bits per heavy atom. The maximum absolute atomic E-state index is 12.2. The molecule has 0 spiro atoms. The van der Waals surface area contributed by atoms with Crippen LogP contribution in [0.4, 0.5) is 0 Å². The number of carbonyl (C=O) groups is 4. The fraction of sp³-hybridized carbons (Fsp3) is 0.900. The fourth-order valence-electron chi connectivity index (χ4n) is 4.95. The number of esters is 4. The van der Waals surface area contributed by atoms with Crippen molar-refractivity contribution in [3.8, 4) is 0 Å². The smallest absolute Gasteiger partial charge is 0.307 e. The monoisotopic (exact) mass is 760 g/mol. The van der Waals surface area contributed by atoms with Gasteiger partial charge in [-0.3, -0.25) is 19.2 Å². The van der Waals surface area contributed by atoms with Crippen LogP contribution in [-0.4, -0.2) is 135 Å². The summed E-state index contributed by atoms with van der Waals surface area (Å²) in [4.78, 5) is 53.2. The Hall–Kier alpha value is -2.32. The molecular weight excluding hydrogens is 682 g/mol. The highest BCUT2D eigenvalue weighted by molar-refractivity contribution is 5.71. The number of hydrogen-bond acceptors (Lipinski definition) is 13. The third-order valence-corrected chi connectivity index (χ3v) is 7.02. The normalized spacial score (nSPS) is 12.6. The van der Waals surface area contributed by atoms with Crippen LogP contribution < -0.4 is 5.32 Å². The standard InChI is InChI=1S/C40H77N3O10/c1-37(2,3)50-33(44)17-25-42(26-18-34(45)51-38(4,5)6)23-15-31-48-29-13-21-41-22-14-30-49-32-16-24-43(27-19-35(46)52-39(7,8)9)28-20-36(47)53-40(10,11)12/h41H,13-32H2,1-12H3. The molecule has 0 radical (unpaired) electrons. The number of rotatable bonds is 28. The topological polar surface area (TPSA) is 142 Å². The number of hydrogen-bond donors (Lipinski definition) is 1. The number of ether oxygens (including phenoxy) is 6. The van der Waals surface area contributed by atoms with Gasteiger partial charge in [0.15, 0.2) is 0 Å². The first-order valence-corrected chi connectivity index (χ1v) is 19.6. The van der Waals surface area contributed by atoms with E-state index in [1.807, 2.05) is 83.1 Å². The van der Waals surface area contributed by atoms with Crippen LogP contribution in [0, 0.1) is 0 Å². The van der Waals surface area contributed by atoms with Crippen molar-refractivity contribution in [2.45, 2.75) is 157 Å². The molecule has 0 fully saturated rings. The van der Waals surface area contributed by atoms with E-state index in [-0.39, 0.29) is 49.6 Å². The van der Waals surface area contributed by atoms with Gasteiger partial charge in [-0.15, -0.1) is 0 Å². The van der Waals surface area contributed by atoms with E-state index in [1.165, 1.54) is 0 Å². The molecule has 0 aromatic rings. The average Bonchev–Trinajstić information content (AvgIpc) is 2.97. The highest BCUT2D eigenvalue weighted by Gasteiger charge is 2.21. The van der Waals surface area contributed by atoms with Gasteiger partial charge in [0.05, 0.1) is 25.7 Å². The molecule has 0 amide bonds. The zero-order chi connectivity index (χ0) is 40.6. The first-order chi connectivity index (χ1) is 24.4. The van der Waals surface area contributed by atoms with Gasteiger partial charge in [0.25, 0.3) is 0 Å². The molecular formula is C40H77N3O10. The third-order valence-electron chi connectivity index (χ3n) is 7.02. The minimum Gasteiger partial charge on any atom is -0.460 e. The van der Waals surface area contributed by atoms with Gasteiger partial charge in [0, 0.05) is 65.7 Å². The van der Waals surface area contributed by atoms with E-state index in [1.54, 1.807) is 0 Å². The zero-order valence-corrected chi connectivity index (χ0v) is 35.6. The molecule has 53 heavy (non-hydrogen) atoms. The Morgan fingerprint density at radius 1 is 0.396 bits per heavy atom. The largest absolute Gasteiger partial charge is 0.460 e. The molecule has 0 aliphatic carbocycles. The molecule has 13 heteroatoms. The maximum atomic E-state index is 12.2. The van der Waals surface area contributed by atoms with E-state index >= 15 is 0 Å². The summed E-state index contributed by atoms with van der Waals surface area (Å²) >= 11 is 0. The maximum Gasteiger partial charge on any atom is 0.307 e. The lowest BCUT2D eigenvalue weighted by atomic mass is 10.2. The molecule has 0 heterocycles. The summed E-state index contributed by atoms with van der Waals surface area (Å²) < 4.78 is 33.4. The van der Waals surface area contributed by atoms with E-state index in [2.05, 4.69) is 15.1 Å². The lowest BCUT2D eigenvalue weighted by molar-refractivity contribution is -0.157. The molecule has 0 saturated carbocycles. The highest BCUT2D eigenvalue weighted by Crippen LogP contribution is 2.13. The quantitative estimate of drug-likeness (QED) is 0.0593. The van der Waals surface area contributed by atoms with Gasteiger partial charge in [-0.2, -0.15) is 0 Å². The Morgan fingerprint density at radius 2 is 0.642 bits per heavy atom. The van der Waals surface area contributed by atoms with Gasteiger partial charge in [-0.1, -0.05) is 0 Å². The molecule has 0 saturated heterocycles. The zero-order valence-electron chi connectivity index (χ0n) is 35.6. The van der Waals surface area contributed by atoms with Crippen LogP contribution in [-0.2, 0) is 47.6 Å². The summed E-state index contributed by atoms with van der Waals surface area (Å²) in [6.45, 7) is 29.9. The van der Waals surface area contributed by atoms with Crippen LogP contribution in [0.25, 0.3) is 0 Å². The van der Waals surface area contributed by atoms with Gasteiger partial charge in [0.2, 0.25) is 0 Å². The van der Waals surface area contributed by atoms with Crippen molar-refractivity contribution in [2.24, 2.45) is 0 Å². The molecule has 0 bridgehead atoms. The molecule has 1 N–H and O–H groups in total. The summed E-state index contributed by atoms with van der Waals surface area (Å²) in [5, 5.41) is 3.43. The summed E-state index contributed by atoms with van der Waals surface area (Å²) in [5.74, 6) is -1.00. The van der Waals surface area contributed by atoms with Gasteiger partial charge in [-0.25, -0.2) is 0 Å². The van der Waals surface area contributed by atoms with Crippen molar-refractivity contribution in [3.63, 3.8) is 0 Å². The Kier molecular flexibility index (Phi) is 25.3. The second kappa shape index (κ2) is 26.5. The van der Waals surface area contributed by atoms with Crippen molar-refractivity contribution >= 4 is 23.9 Å². The van der Waals surface area contributed by atoms with E-state index < -0.39 is 22.4 Å². The van der Waals surface area contributed by atoms with Crippen molar-refractivity contribution in [3.05, 3.63) is 0 Å². The number of nitrogens with one attached hydrogen (secondary N) is 1. The third kappa shape index (κ3) is 36.4. The Labute approximate surface area is 321 Å². The van der Waals surface area contributed by atoms with Crippen molar-refractivity contribution in [2.75, 3.05) is 78.8 Å². The van der Waals surface area contributed by atoms with Crippen LogP contribution >= 0.6 is 0 Å². The van der Waals surface area contributed by atoms with Crippen LogP contribution in [0.5, 0.6) is 0 Å². The van der Waals surface area contributed by atoms with Crippen LogP contribution in [0.2, 0.25) is 0 Å². The average molecular weight is 760 g/mol. The van der Waals surface area contributed by atoms with Gasteiger partial charge < -0.3 is 43.5 Å². The Balaban J connectivity index is 4.24. The van der Waals surface area contributed by atoms with E-state index in [0.29, 0.717) is 65.7 Å². The van der Waals surface area contributed by atoms with Crippen LogP contribution in [0.1, 0.15) is 134 Å². The molecule has 312 valence electrons. The van der Waals surface area contributed by atoms with Gasteiger partial charge >= 0.3 is 23.9 Å². The minimum atomic E-state index is -0.529. The van der Waals surface area contributed by atoms with Crippen LogP contribution in [0.3, 0.4) is 0 Å². The molecule has 0 atom stereocenters. The van der Waals surface area contributed by atoms with E-state index in [9.17, 15) is 19.2 Å². The molecule has 0 unspecified atom stereocenters. The van der Waals surface area contributed by atoms with E-state index in [4.69, 9.17) is 28.4 Å². The van der Waals surface area contributed by atoms with Crippen molar-refractivity contribution < 1.29 is 47.6 Å². The fourth-order valence-corrected chi connectivity index (χ4v) is 4.95. The second-order valence-electron chi connectivity index (χ2n) is 17.4. The van der Waals surface area contributed by atoms with Gasteiger partial charge in [0.1, 0.15) is 22.4 Å². The molecule has 0 aliphatic heterocycles. The molecule has 0 rings (SSSR count). The summed E-state index contributed by atoms with van der Waals surface area (Å²) in [6, 6.07) is 0. The SMILES string of the molecule is CC(C)(C)OC(=O)CCN(CCCOCCCNCCCOCCCN(CCC(=O)OC(C)(C)C)CCC(=O)OC(C)(C)C)CCC(=O)OC(C)(C)C. The second-order valence-corrected chi connectivity index (χ2v) is 17.4. The highest BCUT2D eigenvalue weighted by atomic mass is 16.6. The predicted octanol–water partition coefficient (Wildman–Crippen LogP) is 5.70. The minimum absolute atomic E-state index is 0.251. The van der Waals surface area contributed by atoms with Crippen molar-refractivity contribution in [1.82, 2.24) is 15.1 Å². The molecule has 0 aliphatic rings. The summed E-state index contributed by atoms with van der Waals surface area (Å²) in [7, 11) is 0. The Bertz CT molecular complexity index is 882. The lowest BCUT2D eigenvalue weighted by Crippen LogP contribution is -2.33. The first-order valence-electron chi connectivity index (χ1n) is 19.6. The first kappa shape index (κ1) is 50.7.